The highest BCUT2D eigenvalue weighted by molar-refractivity contribution is 5.97. The number of aryl methyl sites for hydroxylation is 5. The Morgan fingerprint density at radius 1 is 0.850 bits per heavy atom. The third-order valence-electron chi connectivity index (χ3n) is 3.80. The summed E-state index contributed by atoms with van der Waals surface area (Å²) in [5.74, 6) is 0.238. The van der Waals surface area contributed by atoms with E-state index in [0.717, 1.165) is 17.5 Å². The number of Topliss-reactive ketones (excluding diaryl/α,β-unsaturated/α-hetero) is 1. The number of hydrogen-bond acceptors (Lipinski definition) is 1. The van der Waals surface area contributed by atoms with Crippen molar-refractivity contribution in [1.82, 2.24) is 0 Å². The van der Waals surface area contributed by atoms with E-state index in [9.17, 15) is 4.79 Å². The molecule has 0 saturated heterocycles. The summed E-state index contributed by atoms with van der Waals surface area (Å²) in [6.07, 6.45) is 1.39. The van der Waals surface area contributed by atoms with Gasteiger partial charge in [-0.05, 0) is 50.8 Å². The van der Waals surface area contributed by atoms with Gasteiger partial charge in [0.15, 0.2) is 5.78 Å². The summed E-state index contributed by atoms with van der Waals surface area (Å²) in [6, 6.07) is 12.5. The Balaban J connectivity index is 2.08. The molecule has 0 saturated carbocycles. The molecule has 0 heterocycles. The van der Waals surface area contributed by atoms with Crippen molar-refractivity contribution < 1.29 is 4.79 Å². The molecule has 0 spiro atoms. The highest BCUT2D eigenvalue weighted by Gasteiger charge is 2.10. The fourth-order valence-corrected chi connectivity index (χ4v) is 2.64. The number of benzene rings is 2. The van der Waals surface area contributed by atoms with Crippen LogP contribution in [0.1, 0.15) is 44.6 Å². The van der Waals surface area contributed by atoms with Gasteiger partial charge in [-0.25, -0.2) is 0 Å². The van der Waals surface area contributed by atoms with E-state index in [1.807, 2.05) is 19.1 Å². The Labute approximate surface area is 121 Å². The van der Waals surface area contributed by atoms with Crippen LogP contribution in [0.2, 0.25) is 0 Å². The largest absolute Gasteiger partial charge is 0.294 e. The van der Waals surface area contributed by atoms with E-state index < -0.39 is 0 Å². The van der Waals surface area contributed by atoms with Crippen LogP contribution in [0.5, 0.6) is 0 Å². The zero-order valence-corrected chi connectivity index (χ0v) is 12.8. The zero-order chi connectivity index (χ0) is 14.7. The average molecular weight is 266 g/mol. The normalized spacial score (nSPS) is 10.6. The topological polar surface area (TPSA) is 17.1 Å². The fourth-order valence-electron chi connectivity index (χ4n) is 2.64. The second-order valence-corrected chi connectivity index (χ2v) is 5.67. The first-order chi connectivity index (χ1) is 9.47. The second-order valence-electron chi connectivity index (χ2n) is 5.67. The van der Waals surface area contributed by atoms with Crippen molar-refractivity contribution in [2.75, 3.05) is 0 Å². The summed E-state index contributed by atoms with van der Waals surface area (Å²) in [4.78, 5) is 12.3. The molecular formula is C19H22O. The van der Waals surface area contributed by atoms with Crippen molar-refractivity contribution in [2.45, 2.75) is 40.5 Å². The number of carbonyl (C=O) groups is 1. The van der Waals surface area contributed by atoms with Gasteiger partial charge in [0.2, 0.25) is 0 Å². The van der Waals surface area contributed by atoms with Crippen LogP contribution in [-0.2, 0) is 6.42 Å². The predicted molar refractivity (Wildman–Crippen MR) is 84.5 cm³/mol. The molecule has 0 N–H and O–H groups in total. The summed E-state index contributed by atoms with van der Waals surface area (Å²) in [6.45, 7) is 8.27. The molecule has 2 aromatic carbocycles. The lowest BCUT2D eigenvalue weighted by atomic mass is 9.96. The minimum absolute atomic E-state index is 0.238. The van der Waals surface area contributed by atoms with E-state index >= 15 is 0 Å². The first kappa shape index (κ1) is 14.5. The SMILES string of the molecule is Cc1ccc(CCC(=O)c2ccc(C)cc2C)c(C)c1. The molecule has 0 atom stereocenters. The number of ketones is 1. The van der Waals surface area contributed by atoms with Crippen LogP contribution in [-0.4, -0.2) is 5.78 Å². The molecule has 0 aromatic heterocycles. The Bertz CT molecular complexity index is 638. The van der Waals surface area contributed by atoms with E-state index in [2.05, 4.69) is 45.0 Å². The van der Waals surface area contributed by atoms with Gasteiger partial charge >= 0.3 is 0 Å². The van der Waals surface area contributed by atoms with E-state index in [-0.39, 0.29) is 5.78 Å². The maximum atomic E-state index is 12.3. The van der Waals surface area contributed by atoms with Gasteiger partial charge in [0.05, 0.1) is 0 Å². The fraction of sp³-hybridized carbons (Fsp3) is 0.316. The quantitative estimate of drug-likeness (QED) is 0.731. The van der Waals surface area contributed by atoms with Gasteiger partial charge in [-0.15, -0.1) is 0 Å². The molecule has 0 unspecified atom stereocenters. The lowest BCUT2D eigenvalue weighted by molar-refractivity contribution is 0.0982. The number of hydrogen-bond donors (Lipinski definition) is 0. The first-order valence-electron chi connectivity index (χ1n) is 7.14. The Kier molecular flexibility index (Phi) is 4.39. The molecule has 1 heteroatoms. The standard InChI is InChI=1S/C19H22O/c1-13-5-7-17(15(3)11-13)8-10-19(20)18-9-6-14(2)12-16(18)4/h5-7,9,11-12H,8,10H2,1-4H3. The highest BCUT2D eigenvalue weighted by atomic mass is 16.1. The van der Waals surface area contributed by atoms with Crippen molar-refractivity contribution in [1.29, 1.82) is 0 Å². The predicted octanol–water partition coefficient (Wildman–Crippen LogP) is 4.74. The molecule has 2 rings (SSSR count). The van der Waals surface area contributed by atoms with E-state index in [0.29, 0.717) is 6.42 Å². The lowest BCUT2D eigenvalue weighted by Crippen LogP contribution is -2.04. The summed E-state index contributed by atoms with van der Waals surface area (Å²) in [7, 11) is 0. The van der Waals surface area contributed by atoms with Crippen LogP contribution < -0.4 is 0 Å². The Morgan fingerprint density at radius 3 is 2.05 bits per heavy atom. The molecule has 20 heavy (non-hydrogen) atoms. The Hall–Kier alpha value is -1.89. The smallest absolute Gasteiger partial charge is 0.163 e. The van der Waals surface area contributed by atoms with Gasteiger partial charge in [0.1, 0.15) is 0 Å². The summed E-state index contributed by atoms with van der Waals surface area (Å²) in [5.41, 5.74) is 6.96. The minimum Gasteiger partial charge on any atom is -0.294 e. The number of rotatable bonds is 4. The van der Waals surface area contributed by atoms with Crippen LogP contribution in [0.4, 0.5) is 0 Å². The van der Waals surface area contributed by atoms with Crippen LogP contribution in [0.3, 0.4) is 0 Å². The van der Waals surface area contributed by atoms with E-state index in [1.165, 1.54) is 22.3 Å². The summed E-state index contributed by atoms with van der Waals surface area (Å²) >= 11 is 0. The molecule has 2 aromatic rings. The molecular weight excluding hydrogens is 244 g/mol. The second kappa shape index (κ2) is 6.04. The van der Waals surface area contributed by atoms with Crippen LogP contribution >= 0.6 is 0 Å². The van der Waals surface area contributed by atoms with Gasteiger partial charge < -0.3 is 0 Å². The van der Waals surface area contributed by atoms with Crippen molar-refractivity contribution in [2.24, 2.45) is 0 Å². The van der Waals surface area contributed by atoms with E-state index in [4.69, 9.17) is 0 Å². The molecule has 1 nitrogen and oxygen atoms in total. The highest BCUT2D eigenvalue weighted by Crippen LogP contribution is 2.17. The molecule has 0 bridgehead atoms. The van der Waals surface area contributed by atoms with Crippen molar-refractivity contribution in [3.8, 4) is 0 Å². The van der Waals surface area contributed by atoms with Gasteiger partial charge in [-0.1, -0.05) is 47.5 Å². The van der Waals surface area contributed by atoms with Gasteiger partial charge in [-0.3, -0.25) is 4.79 Å². The van der Waals surface area contributed by atoms with E-state index in [1.54, 1.807) is 0 Å². The molecule has 0 aliphatic heterocycles. The molecule has 0 aliphatic rings. The number of carbonyl (C=O) groups excluding carboxylic acids is 1. The third-order valence-corrected chi connectivity index (χ3v) is 3.80. The van der Waals surface area contributed by atoms with Crippen molar-refractivity contribution in [3.05, 3.63) is 69.8 Å². The molecule has 0 amide bonds. The molecule has 0 fully saturated rings. The molecule has 0 radical (unpaired) electrons. The molecule has 0 aliphatic carbocycles. The van der Waals surface area contributed by atoms with Gasteiger partial charge in [0, 0.05) is 12.0 Å². The summed E-state index contributed by atoms with van der Waals surface area (Å²) in [5, 5.41) is 0. The monoisotopic (exact) mass is 266 g/mol. The first-order valence-corrected chi connectivity index (χ1v) is 7.14. The maximum Gasteiger partial charge on any atom is 0.163 e. The van der Waals surface area contributed by atoms with Crippen LogP contribution in [0, 0.1) is 27.7 Å². The van der Waals surface area contributed by atoms with Gasteiger partial charge in [0.25, 0.3) is 0 Å². The summed E-state index contributed by atoms with van der Waals surface area (Å²) < 4.78 is 0. The van der Waals surface area contributed by atoms with Crippen molar-refractivity contribution >= 4 is 5.78 Å². The van der Waals surface area contributed by atoms with Gasteiger partial charge in [-0.2, -0.15) is 0 Å². The maximum absolute atomic E-state index is 12.3. The third kappa shape index (κ3) is 3.36. The zero-order valence-electron chi connectivity index (χ0n) is 12.8. The van der Waals surface area contributed by atoms with Crippen LogP contribution in [0.15, 0.2) is 36.4 Å². The Morgan fingerprint density at radius 2 is 1.45 bits per heavy atom. The van der Waals surface area contributed by atoms with Crippen LogP contribution in [0.25, 0.3) is 0 Å². The average Bonchev–Trinajstić information content (AvgIpc) is 2.37. The molecule has 104 valence electrons. The van der Waals surface area contributed by atoms with Crippen molar-refractivity contribution in [3.63, 3.8) is 0 Å². The minimum atomic E-state index is 0.238. The lowest BCUT2D eigenvalue weighted by Gasteiger charge is -2.08.